The molecule has 174 valence electrons. The van der Waals surface area contributed by atoms with Gasteiger partial charge in [-0.1, -0.05) is 18.6 Å². The Labute approximate surface area is 188 Å². The molecule has 2 aromatic rings. The summed E-state index contributed by atoms with van der Waals surface area (Å²) in [5.74, 6) is -1.90. The van der Waals surface area contributed by atoms with Gasteiger partial charge in [-0.15, -0.1) is 11.3 Å². The van der Waals surface area contributed by atoms with Gasteiger partial charge in [-0.05, 0) is 41.8 Å². The molecule has 0 spiro atoms. The highest BCUT2D eigenvalue weighted by Crippen LogP contribution is 2.49. The van der Waals surface area contributed by atoms with Gasteiger partial charge in [0.2, 0.25) is 5.91 Å². The third kappa shape index (κ3) is 6.29. The second-order valence-corrected chi connectivity index (χ2v) is 9.17. The maximum atomic E-state index is 12.7. The van der Waals surface area contributed by atoms with Gasteiger partial charge in [-0.2, -0.15) is 13.2 Å². The molecule has 6 nitrogen and oxygen atoms in total. The maximum Gasteiger partial charge on any atom is 0.490 e. The van der Waals surface area contributed by atoms with E-state index in [9.17, 15) is 18.0 Å². The van der Waals surface area contributed by atoms with Crippen molar-refractivity contribution in [1.29, 1.82) is 0 Å². The molecule has 2 fully saturated rings. The number of aliphatic carboxylic acids is 1. The van der Waals surface area contributed by atoms with Crippen molar-refractivity contribution in [2.75, 3.05) is 19.7 Å². The highest BCUT2D eigenvalue weighted by molar-refractivity contribution is 7.10. The molecule has 1 aliphatic heterocycles. The number of pyridine rings is 1. The monoisotopic (exact) mass is 470 g/mol. The summed E-state index contributed by atoms with van der Waals surface area (Å²) < 4.78 is 37.8. The summed E-state index contributed by atoms with van der Waals surface area (Å²) in [7, 11) is 0. The lowest BCUT2D eigenvalue weighted by atomic mass is 9.81. The van der Waals surface area contributed by atoms with Crippen molar-refractivity contribution in [3.05, 3.63) is 52.5 Å². The van der Waals surface area contributed by atoms with Crippen molar-refractivity contribution >= 4 is 23.2 Å². The first-order chi connectivity index (χ1) is 15.2. The van der Waals surface area contributed by atoms with Gasteiger partial charge in [0, 0.05) is 35.8 Å². The van der Waals surface area contributed by atoms with Gasteiger partial charge in [-0.3, -0.25) is 9.78 Å². The molecule has 2 aliphatic rings. The molecule has 3 heterocycles. The number of ether oxygens (including phenoxy) is 1. The van der Waals surface area contributed by atoms with Crippen LogP contribution in [0.1, 0.15) is 29.7 Å². The van der Waals surface area contributed by atoms with Crippen LogP contribution in [-0.4, -0.2) is 52.7 Å². The molecule has 2 atom stereocenters. The molecule has 0 radical (unpaired) electrons. The first-order valence-electron chi connectivity index (χ1n) is 10.3. The van der Waals surface area contributed by atoms with Crippen LogP contribution in [0.3, 0.4) is 0 Å². The van der Waals surface area contributed by atoms with Crippen LogP contribution in [0.4, 0.5) is 13.2 Å². The first-order valence-corrected chi connectivity index (χ1v) is 11.1. The van der Waals surface area contributed by atoms with E-state index in [2.05, 4.69) is 9.88 Å². The molecule has 1 N–H and O–H groups in total. The van der Waals surface area contributed by atoms with Crippen LogP contribution in [0.15, 0.2) is 42.0 Å². The number of hydrogen-bond donors (Lipinski definition) is 1. The molecular weight excluding hydrogens is 445 g/mol. The number of likely N-dealkylation sites (tertiary alicyclic amines) is 1. The zero-order valence-electron chi connectivity index (χ0n) is 17.4. The van der Waals surface area contributed by atoms with Crippen LogP contribution in [-0.2, 0) is 27.4 Å². The molecule has 0 bridgehead atoms. The molecule has 2 aromatic heterocycles. The van der Waals surface area contributed by atoms with Crippen molar-refractivity contribution < 1.29 is 32.6 Å². The highest BCUT2D eigenvalue weighted by atomic mass is 32.1. The summed E-state index contributed by atoms with van der Waals surface area (Å²) >= 11 is 1.66. The minimum Gasteiger partial charge on any atom is -0.475 e. The van der Waals surface area contributed by atoms with Crippen molar-refractivity contribution in [2.45, 2.75) is 38.5 Å². The van der Waals surface area contributed by atoms with Gasteiger partial charge < -0.3 is 14.7 Å². The van der Waals surface area contributed by atoms with Gasteiger partial charge >= 0.3 is 12.1 Å². The van der Waals surface area contributed by atoms with Crippen LogP contribution in [0.25, 0.3) is 0 Å². The largest absolute Gasteiger partial charge is 0.490 e. The smallest absolute Gasteiger partial charge is 0.475 e. The number of alkyl halides is 3. The van der Waals surface area contributed by atoms with Gasteiger partial charge in [0.15, 0.2) is 0 Å². The van der Waals surface area contributed by atoms with E-state index in [1.54, 1.807) is 17.5 Å². The fourth-order valence-corrected chi connectivity index (χ4v) is 5.07. The quantitative estimate of drug-likeness (QED) is 0.686. The molecular formula is C22H25F3N2O4S. The Morgan fingerprint density at radius 2 is 2.09 bits per heavy atom. The molecule has 32 heavy (non-hydrogen) atoms. The van der Waals surface area contributed by atoms with Crippen molar-refractivity contribution in [1.82, 2.24) is 9.88 Å². The molecule has 1 saturated carbocycles. The number of carbonyl (C=O) groups excluding carboxylic acids is 1. The standard InChI is InChI=1S/C20H24N2O2S.C2HF3O2/c23-19(10-18-6-3-9-25-18)22-12-17-5-1-7-20(17,14-22)15-24-13-16-4-2-8-21-11-16;3-2(4,5)1(6)7/h2-4,6,8-9,11,17H,1,5,7,10,12-15H2;(H,6,7)/t17-,20+;/m1./s1. The minimum atomic E-state index is -5.08. The van der Waals surface area contributed by atoms with E-state index < -0.39 is 12.1 Å². The van der Waals surface area contributed by atoms with Crippen LogP contribution < -0.4 is 0 Å². The third-order valence-electron chi connectivity index (χ3n) is 5.92. The van der Waals surface area contributed by atoms with E-state index in [0.717, 1.165) is 30.1 Å². The lowest BCUT2D eigenvalue weighted by Gasteiger charge is -2.28. The average molecular weight is 471 g/mol. The SMILES string of the molecule is O=C(Cc1cccs1)N1C[C@H]2CCC[C@@]2(COCc2cccnc2)C1.O=C(O)C(F)(F)F. The first kappa shape index (κ1) is 24.2. The Balaban J connectivity index is 0.000000360. The number of amides is 1. The number of hydrogen-bond acceptors (Lipinski definition) is 5. The summed E-state index contributed by atoms with van der Waals surface area (Å²) in [4.78, 5) is 28.9. The number of rotatable bonds is 6. The van der Waals surface area contributed by atoms with E-state index in [0.29, 0.717) is 18.9 Å². The average Bonchev–Trinajstić information content (AvgIpc) is 3.45. The zero-order valence-corrected chi connectivity index (χ0v) is 18.2. The summed E-state index contributed by atoms with van der Waals surface area (Å²) in [6.45, 7) is 3.11. The van der Waals surface area contributed by atoms with Crippen LogP contribution in [0.5, 0.6) is 0 Å². The topological polar surface area (TPSA) is 79.7 Å². The second-order valence-electron chi connectivity index (χ2n) is 8.14. The summed E-state index contributed by atoms with van der Waals surface area (Å²) in [5.41, 5.74) is 1.27. The van der Waals surface area contributed by atoms with Crippen molar-refractivity contribution in [2.24, 2.45) is 11.3 Å². The van der Waals surface area contributed by atoms with Crippen molar-refractivity contribution in [3.63, 3.8) is 0 Å². The second kappa shape index (κ2) is 10.4. The molecule has 0 unspecified atom stereocenters. The Morgan fingerprint density at radius 1 is 1.31 bits per heavy atom. The molecule has 1 amide bonds. The van der Waals surface area contributed by atoms with E-state index in [4.69, 9.17) is 14.6 Å². The Morgan fingerprint density at radius 3 is 2.72 bits per heavy atom. The highest BCUT2D eigenvalue weighted by Gasteiger charge is 2.50. The lowest BCUT2D eigenvalue weighted by Crippen LogP contribution is -2.35. The Hall–Kier alpha value is -2.46. The molecule has 0 aromatic carbocycles. The Bertz CT molecular complexity index is 892. The van der Waals surface area contributed by atoms with E-state index >= 15 is 0 Å². The molecule has 1 aliphatic carbocycles. The third-order valence-corrected chi connectivity index (χ3v) is 6.80. The van der Waals surface area contributed by atoms with E-state index in [1.165, 1.54) is 19.3 Å². The van der Waals surface area contributed by atoms with Crippen LogP contribution >= 0.6 is 11.3 Å². The number of halogens is 3. The zero-order chi connectivity index (χ0) is 23.2. The van der Waals surface area contributed by atoms with Gasteiger partial charge in [0.25, 0.3) is 0 Å². The number of thiophene rings is 1. The Kier molecular flexibility index (Phi) is 7.89. The summed E-state index contributed by atoms with van der Waals surface area (Å²) in [6.07, 6.45) is 2.75. The number of carboxylic acids is 1. The fraction of sp³-hybridized carbons (Fsp3) is 0.500. The summed E-state index contributed by atoms with van der Waals surface area (Å²) in [5, 5.41) is 9.16. The summed E-state index contributed by atoms with van der Waals surface area (Å²) in [6, 6.07) is 8.05. The number of aromatic nitrogens is 1. The van der Waals surface area contributed by atoms with Gasteiger partial charge in [0.1, 0.15) is 0 Å². The number of carbonyl (C=O) groups is 2. The minimum absolute atomic E-state index is 0.160. The van der Waals surface area contributed by atoms with Crippen LogP contribution in [0, 0.1) is 11.3 Å². The van der Waals surface area contributed by atoms with Gasteiger partial charge in [-0.25, -0.2) is 4.79 Å². The number of carboxylic acid groups (broad SMARTS) is 1. The van der Waals surface area contributed by atoms with Gasteiger partial charge in [0.05, 0.1) is 19.6 Å². The molecule has 4 rings (SSSR count). The maximum absolute atomic E-state index is 12.7. The fourth-order valence-electron chi connectivity index (χ4n) is 4.37. The van der Waals surface area contributed by atoms with Crippen LogP contribution in [0.2, 0.25) is 0 Å². The number of fused-ring (bicyclic) bond motifs is 1. The van der Waals surface area contributed by atoms with E-state index in [-0.39, 0.29) is 11.3 Å². The van der Waals surface area contributed by atoms with E-state index in [1.807, 2.05) is 35.8 Å². The predicted octanol–water partition coefficient (Wildman–Crippen LogP) is 4.16. The lowest BCUT2D eigenvalue weighted by molar-refractivity contribution is -0.192. The normalized spacial score (nSPS) is 22.2. The van der Waals surface area contributed by atoms with Crippen molar-refractivity contribution in [3.8, 4) is 0 Å². The number of nitrogens with zero attached hydrogens (tertiary/aromatic N) is 2. The predicted molar refractivity (Wildman–Crippen MR) is 112 cm³/mol. The molecule has 10 heteroatoms. The molecule has 1 saturated heterocycles.